The monoisotopic (exact) mass is 392 g/mol. The summed E-state index contributed by atoms with van der Waals surface area (Å²) < 4.78 is 5.78. The molecule has 0 aromatic heterocycles. The van der Waals surface area contributed by atoms with E-state index in [1.165, 1.54) is 11.1 Å². The lowest BCUT2D eigenvalue weighted by molar-refractivity contribution is -0.135. The maximum Gasteiger partial charge on any atom is 0.260 e. The zero-order chi connectivity index (χ0) is 20.7. The first-order valence-electron chi connectivity index (χ1n) is 10.4. The second-order valence-corrected chi connectivity index (χ2v) is 8.56. The van der Waals surface area contributed by atoms with Crippen molar-refractivity contribution in [2.45, 2.75) is 26.2 Å². The van der Waals surface area contributed by atoms with Crippen molar-refractivity contribution in [3.8, 4) is 5.75 Å². The number of rotatable bonds is 6. The third-order valence-corrected chi connectivity index (χ3v) is 5.26. The van der Waals surface area contributed by atoms with Gasteiger partial charge in [0.05, 0.1) is 0 Å². The van der Waals surface area contributed by atoms with Crippen molar-refractivity contribution in [2.75, 3.05) is 39.3 Å². The molecular formula is C25H32N2O2. The van der Waals surface area contributed by atoms with Crippen LogP contribution in [0.2, 0.25) is 0 Å². The van der Waals surface area contributed by atoms with Gasteiger partial charge in [-0.3, -0.25) is 9.69 Å². The average Bonchev–Trinajstić information content (AvgIpc) is 2.73. The van der Waals surface area contributed by atoms with E-state index in [4.69, 9.17) is 4.74 Å². The summed E-state index contributed by atoms with van der Waals surface area (Å²) in [4.78, 5) is 16.8. The number of amides is 1. The van der Waals surface area contributed by atoms with Crippen molar-refractivity contribution >= 4 is 12.0 Å². The summed E-state index contributed by atoms with van der Waals surface area (Å²) >= 11 is 0. The molecule has 0 radical (unpaired) electrons. The Labute approximate surface area is 174 Å². The Kier molecular flexibility index (Phi) is 7.10. The van der Waals surface area contributed by atoms with E-state index < -0.39 is 0 Å². The maximum absolute atomic E-state index is 12.5. The largest absolute Gasteiger partial charge is 0.484 e. The minimum atomic E-state index is 0.0608. The Morgan fingerprint density at radius 1 is 1.00 bits per heavy atom. The number of hydrogen-bond acceptors (Lipinski definition) is 3. The Balaban J connectivity index is 1.41. The van der Waals surface area contributed by atoms with Crippen LogP contribution in [0.3, 0.4) is 0 Å². The van der Waals surface area contributed by atoms with Crippen LogP contribution in [0.5, 0.6) is 5.75 Å². The van der Waals surface area contributed by atoms with Gasteiger partial charge in [-0.05, 0) is 28.7 Å². The molecule has 1 fully saturated rings. The molecule has 2 aromatic carbocycles. The minimum absolute atomic E-state index is 0.0608. The molecule has 1 amide bonds. The summed E-state index contributed by atoms with van der Waals surface area (Å²) in [6.45, 7) is 10.8. The van der Waals surface area contributed by atoms with Gasteiger partial charge in [0.2, 0.25) is 0 Å². The van der Waals surface area contributed by atoms with Crippen molar-refractivity contribution in [1.29, 1.82) is 0 Å². The summed E-state index contributed by atoms with van der Waals surface area (Å²) in [6.07, 6.45) is 4.34. The van der Waals surface area contributed by atoms with Gasteiger partial charge >= 0.3 is 0 Å². The molecule has 0 N–H and O–H groups in total. The van der Waals surface area contributed by atoms with Gasteiger partial charge in [0.1, 0.15) is 5.75 Å². The normalized spacial score (nSPS) is 15.6. The van der Waals surface area contributed by atoms with E-state index in [0.29, 0.717) is 0 Å². The minimum Gasteiger partial charge on any atom is -0.484 e. The van der Waals surface area contributed by atoms with Crippen LogP contribution in [0.15, 0.2) is 60.7 Å². The molecule has 0 atom stereocenters. The smallest absolute Gasteiger partial charge is 0.260 e. The van der Waals surface area contributed by atoms with Crippen molar-refractivity contribution < 1.29 is 9.53 Å². The van der Waals surface area contributed by atoms with Gasteiger partial charge in [-0.2, -0.15) is 0 Å². The van der Waals surface area contributed by atoms with Crippen LogP contribution >= 0.6 is 0 Å². The predicted molar refractivity (Wildman–Crippen MR) is 119 cm³/mol. The van der Waals surface area contributed by atoms with Gasteiger partial charge < -0.3 is 9.64 Å². The Morgan fingerprint density at radius 3 is 2.41 bits per heavy atom. The molecule has 1 saturated heterocycles. The van der Waals surface area contributed by atoms with Crippen LogP contribution in [0.25, 0.3) is 6.08 Å². The molecule has 4 nitrogen and oxygen atoms in total. The van der Waals surface area contributed by atoms with Gasteiger partial charge in [0, 0.05) is 32.7 Å². The van der Waals surface area contributed by atoms with Crippen molar-refractivity contribution in [3.05, 3.63) is 71.8 Å². The first-order valence-corrected chi connectivity index (χ1v) is 10.4. The number of ether oxygens (including phenoxy) is 1. The first-order chi connectivity index (χ1) is 13.9. The molecule has 0 saturated carbocycles. The second kappa shape index (κ2) is 9.75. The molecular weight excluding hydrogens is 360 g/mol. The summed E-state index contributed by atoms with van der Waals surface area (Å²) in [5.41, 5.74) is 2.49. The average molecular weight is 393 g/mol. The maximum atomic E-state index is 12.5. The molecule has 29 heavy (non-hydrogen) atoms. The molecule has 1 aliphatic rings. The topological polar surface area (TPSA) is 32.8 Å². The number of nitrogens with zero attached hydrogens (tertiary/aromatic N) is 2. The second-order valence-electron chi connectivity index (χ2n) is 8.56. The molecule has 154 valence electrons. The summed E-state index contributed by atoms with van der Waals surface area (Å²) in [6, 6.07) is 18.4. The van der Waals surface area contributed by atoms with Gasteiger partial charge in [-0.25, -0.2) is 0 Å². The van der Waals surface area contributed by atoms with Crippen LogP contribution in [-0.2, 0) is 10.2 Å². The van der Waals surface area contributed by atoms with Crippen LogP contribution in [-0.4, -0.2) is 55.0 Å². The lowest BCUT2D eigenvalue weighted by Crippen LogP contribution is -2.49. The highest BCUT2D eigenvalue weighted by Crippen LogP contribution is 2.25. The number of piperazine rings is 1. The van der Waals surface area contributed by atoms with Crippen LogP contribution in [0.1, 0.15) is 31.9 Å². The third-order valence-electron chi connectivity index (χ3n) is 5.26. The summed E-state index contributed by atoms with van der Waals surface area (Å²) in [7, 11) is 0. The lowest BCUT2D eigenvalue weighted by atomic mass is 9.87. The van der Waals surface area contributed by atoms with E-state index in [0.717, 1.165) is 38.5 Å². The molecule has 3 rings (SSSR count). The first kappa shape index (κ1) is 21.1. The van der Waals surface area contributed by atoms with Crippen molar-refractivity contribution in [2.24, 2.45) is 0 Å². The third kappa shape index (κ3) is 6.47. The van der Waals surface area contributed by atoms with E-state index in [1.807, 2.05) is 41.3 Å². The molecule has 0 bridgehead atoms. The van der Waals surface area contributed by atoms with Crippen molar-refractivity contribution in [3.63, 3.8) is 0 Å². The number of hydrogen-bond donors (Lipinski definition) is 0. The number of benzene rings is 2. The van der Waals surface area contributed by atoms with Gasteiger partial charge in [-0.15, -0.1) is 0 Å². The molecule has 2 aromatic rings. The van der Waals surface area contributed by atoms with Gasteiger partial charge in [0.15, 0.2) is 6.61 Å². The fourth-order valence-corrected chi connectivity index (χ4v) is 3.37. The van der Waals surface area contributed by atoms with E-state index in [-0.39, 0.29) is 17.9 Å². The SMILES string of the molecule is CC(C)(C)c1cccc(OCC(=O)N2CCN(C/C=C/c3ccccc3)CC2)c1. The fraction of sp³-hybridized carbons (Fsp3) is 0.400. The highest BCUT2D eigenvalue weighted by molar-refractivity contribution is 5.77. The van der Waals surface area contributed by atoms with E-state index in [1.54, 1.807) is 0 Å². The zero-order valence-corrected chi connectivity index (χ0v) is 17.8. The number of carbonyl (C=O) groups is 1. The van der Waals surface area contributed by atoms with E-state index >= 15 is 0 Å². The fourth-order valence-electron chi connectivity index (χ4n) is 3.37. The van der Waals surface area contributed by atoms with Crippen LogP contribution in [0, 0.1) is 0 Å². The standard InChI is InChI=1S/C25H32N2O2/c1-25(2,3)22-12-7-13-23(19-22)29-20-24(28)27-17-15-26(16-18-27)14-8-11-21-9-5-4-6-10-21/h4-13,19H,14-18,20H2,1-3H3/b11-8+. The van der Waals surface area contributed by atoms with Crippen LogP contribution < -0.4 is 4.74 Å². The molecule has 0 aliphatic carbocycles. The summed E-state index contributed by atoms with van der Waals surface area (Å²) in [5.74, 6) is 0.820. The van der Waals surface area contributed by atoms with Gasteiger partial charge in [-0.1, -0.05) is 75.4 Å². The Morgan fingerprint density at radius 2 is 1.72 bits per heavy atom. The highest BCUT2D eigenvalue weighted by atomic mass is 16.5. The zero-order valence-electron chi connectivity index (χ0n) is 17.8. The quantitative estimate of drug-likeness (QED) is 0.738. The van der Waals surface area contributed by atoms with E-state index in [2.05, 4.69) is 56.0 Å². The molecule has 4 heteroatoms. The number of carbonyl (C=O) groups excluding carboxylic acids is 1. The van der Waals surface area contributed by atoms with Crippen LogP contribution in [0.4, 0.5) is 0 Å². The molecule has 1 heterocycles. The molecule has 1 aliphatic heterocycles. The highest BCUT2D eigenvalue weighted by Gasteiger charge is 2.21. The molecule has 0 spiro atoms. The van der Waals surface area contributed by atoms with E-state index in [9.17, 15) is 4.79 Å². The Bertz CT molecular complexity index is 816. The Hall–Kier alpha value is -2.59. The lowest BCUT2D eigenvalue weighted by Gasteiger charge is -2.34. The van der Waals surface area contributed by atoms with Crippen molar-refractivity contribution in [1.82, 2.24) is 9.80 Å². The predicted octanol–water partition coefficient (Wildman–Crippen LogP) is 4.22. The summed E-state index contributed by atoms with van der Waals surface area (Å²) in [5, 5.41) is 0. The molecule has 0 unspecified atom stereocenters. The van der Waals surface area contributed by atoms with Gasteiger partial charge in [0.25, 0.3) is 5.91 Å².